The zero-order chi connectivity index (χ0) is 16.2. The minimum Gasteiger partial charge on any atom is -0.464 e. The Kier molecular flexibility index (Phi) is 6.24. The van der Waals surface area contributed by atoms with Gasteiger partial charge in [-0.05, 0) is 79.9 Å². The summed E-state index contributed by atoms with van der Waals surface area (Å²) >= 11 is 0. The van der Waals surface area contributed by atoms with Gasteiger partial charge in [0, 0.05) is 12.6 Å². The van der Waals surface area contributed by atoms with E-state index in [1.165, 1.54) is 25.9 Å². The number of likely N-dealkylation sites (N-methyl/N-ethyl adjacent to an activating group) is 1. The number of carbonyl (C=O) groups excluding carboxylic acids is 1. The van der Waals surface area contributed by atoms with E-state index in [0.29, 0.717) is 12.6 Å². The fourth-order valence-electron chi connectivity index (χ4n) is 3.44. The molecule has 2 aliphatic rings. The molecule has 0 aromatic rings. The molecule has 5 heteroatoms. The van der Waals surface area contributed by atoms with Crippen LogP contribution >= 0.6 is 0 Å². The molecule has 0 unspecified atom stereocenters. The lowest BCUT2D eigenvalue weighted by molar-refractivity contribution is -0.158. The zero-order valence-corrected chi connectivity index (χ0v) is 14.8. The molecule has 2 rings (SSSR count). The van der Waals surface area contributed by atoms with Crippen molar-refractivity contribution in [2.24, 2.45) is 5.41 Å². The van der Waals surface area contributed by atoms with Gasteiger partial charge in [-0.2, -0.15) is 0 Å². The highest BCUT2D eigenvalue weighted by Gasteiger charge is 2.40. The summed E-state index contributed by atoms with van der Waals surface area (Å²) in [6.45, 7) is 7.85. The molecule has 2 fully saturated rings. The summed E-state index contributed by atoms with van der Waals surface area (Å²) in [6.07, 6.45) is 4.39. The highest BCUT2D eigenvalue weighted by atomic mass is 16.5. The van der Waals surface area contributed by atoms with Crippen molar-refractivity contribution < 1.29 is 9.53 Å². The van der Waals surface area contributed by atoms with Gasteiger partial charge < -0.3 is 19.4 Å². The molecule has 0 radical (unpaired) electrons. The van der Waals surface area contributed by atoms with E-state index in [2.05, 4.69) is 23.8 Å². The van der Waals surface area contributed by atoms with Crippen molar-refractivity contribution in [2.45, 2.75) is 38.6 Å². The van der Waals surface area contributed by atoms with E-state index in [0.717, 1.165) is 32.5 Å². The first-order valence-corrected chi connectivity index (χ1v) is 8.65. The normalized spacial score (nSPS) is 24.6. The molecular formula is C17H33N3O2. The van der Waals surface area contributed by atoms with Crippen LogP contribution in [0.5, 0.6) is 0 Å². The first kappa shape index (κ1) is 17.7. The average molecular weight is 311 g/mol. The van der Waals surface area contributed by atoms with Crippen molar-refractivity contribution in [3.8, 4) is 0 Å². The van der Waals surface area contributed by atoms with Gasteiger partial charge in [0.2, 0.25) is 0 Å². The van der Waals surface area contributed by atoms with E-state index in [1.807, 2.05) is 19.0 Å². The molecule has 0 saturated carbocycles. The lowest BCUT2D eigenvalue weighted by Gasteiger charge is -2.43. The summed E-state index contributed by atoms with van der Waals surface area (Å²) in [5.41, 5.74) is -0.283. The van der Waals surface area contributed by atoms with Crippen LogP contribution in [0.3, 0.4) is 0 Å². The molecule has 0 aromatic heterocycles. The Bertz CT molecular complexity index is 357. The predicted molar refractivity (Wildman–Crippen MR) is 88.9 cm³/mol. The number of piperidine rings is 2. The second kappa shape index (κ2) is 7.75. The lowest BCUT2D eigenvalue weighted by Crippen LogP contribution is -2.50. The summed E-state index contributed by atoms with van der Waals surface area (Å²) < 4.78 is 5.48. The summed E-state index contributed by atoms with van der Waals surface area (Å²) in [5, 5.41) is 0. The van der Waals surface area contributed by atoms with Crippen LogP contribution in [-0.4, -0.2) is 87.2 Å². The van der Waals surface area contributed by atoms with Gasteiger partial charge in [0.05, 0.1) is 5.41 Å². The maximum Gasteiger partial charge on any atom is 0.311 e. The highest BCUT2D eigenvalue weighted by Crippen LogP contribution is 2.34. The molecule has 0 aliphatic carbocycles. The van der Waals surface area contributed by atoms with Gasteiger partial charge in [-0.15, -0.1) is 0 Å². The number of esters is 1. The van der Waals surface area contributed by atoms with Crippen molar-refractivity contribution >= 4 is 5.97 Å². The fraction of sp³-hybridized carbons (Fsp3) is 0.941. The van der Waals surface area contributed by atoms with Crippen LogP contribution in [0.15, 0.2) is 0 Å². The van der Waals surface area contributed by atoms with Gasteiger partial charge in [0.15, 0.2) is 0 Å². The Balaban J connectivity index is 1.76. The molecule has 0 spiro atoms. The van der Waals surface area contributed by atoms with Gasteiger partial charge in [-0.1, -0.05) is 0 Å². The molecule has 22 heavy (non-hydrogen) atoms. The van der Waals surface area contributed by atoms with Crippen molar-refractivity contribution in [3.05, 3.63) is 0 Å². The van der Waals surface area contributed by atoms with Crippen molar-refractivity contribution in [2.75, 3.05) is 60.5 Å². The molecule has 0 atom stereocenters. The topological polar surface area (TPSA) is 36.0 Å². The van der Waals surface area contributed by atoms with Crippen molar-refractivity contribution in [1.82, 2.24) is 14.7 Å². The quantitative estimate of drug-likeness (QED) is 0.715. The molecule has 0 amide bonds. The van der Waals surface area contributed by atoms with Crippen LogP contribution in [0.1, 0.15) is 32.6 Å². The number of nitrogens with zero attached hydrogens (tertiary/aromatic N) is 3. The number of ether oxygens (including phenoxy) is 1. The third kappa shape index (κ3) is 4.67. The van der Waals surface area contributed by atoms with Crippen molar-refractivity contribution in [3.63, 3.8) is 0 Å². The van der Waals surface area contributed by atoms with Crippen LogP contribution in [0.25, 0.3) is 0 Å². The number of carbonyl (C=O) groups is 1. The molecule has 2 heterocycles. The Morgan fingerprint density at radius 1 is 1.18 bits per heavy atom. The molecule has 128 valence electrons. The van der Waals surface area contributed by atoms with Gasteiger partial charge in [0.1, 0.15) is 6.61 Å². The lowest BCUT2D eigenvalue weighted by atomic mass is 9.79. The first-order valence-electron chi connectivity index (χ1n) is 8.65. The smallest absolute Gasteiger partial charge is 0.311 e. The molecule has 2 aliphatic heterocycles. The highest BCUT2D eigenvalue weighted by molar-refractivity contribution is 5.76. The van der Waals surface area contributed by atoms with E-state index in [-0.39, 0.29) is 11.4 Å². The van der Waals surface area contributed by atoms with Crippen LogP contribution in [0.4, 0.5) is 0 Å². The maximum absolute atomic E-state index is 12.4. The SMILES string of the molecule is CN(C)CCOC(=O)C1(C)CCN(C2CCN(C)CC2)CC1. The number of hydrogen-bond donors (Lipinski definition) is 0. The molecule has 2 saturated heterocycles. The summed E-state index contributed by atoms with van der Waals surface area (Å²) in [5.74, 6) is -0.00243. The maximum atomic E-state index is 12.4. The Morgan fingerprint density at radius 3 is 2.32 bits per heavy atom. The molecule has 0 bridgehead atoms. The second-order valence-corrected chi connectivity index (χ2v) is 7.57. The number of likely N-dealkylation sites (tertiary alicyclic amines) is 2. The van der Waals surface area contributed by atoms with Crippen LogP contribution in [0.2, 0.25) is 0 Å². The van der Waals surface area contributed by atoms with E-state index in [1.54, 1.807) is 0 Å². The molecule has 0 N–H and O–H groups in total. The van der Waals surface area contributed by atoms with Gasteiger partial charge >= 0.3 is 5.97 Å². The zero-order valence-electron chi connectivity index (χ0n) is 14.8. The molecule has 0 aromatic carbocycles. The van der Waals surface area contributed by atoms with E-state index >= 15 is 0 Å². The van der Waals surface area contributed by atoms with E-state index in [9.17, 15) is 4.79 Å². The fourth-order valence-corrected chi connectivity index (χ4v) is 3.44. The minimum atomic E-state index is -0.283. The average Bonchev–Trinajstić information content (AvgIpc) is 2.48. The third-order valence-corrected chi connectivity index (χ3v) is 5.37. The third-order valence-electron chi connectivity index (χ3n) is 5.37. The largest absolute Gasteiger partial charge is 0.464 e. The summed E-state index contributed by atoms with van der Waals surface area (Å²) in [6, 6.07) is 0.713. The van der Waals surface area contributed by atoms with Crippen LogP contribution in [-0.2, 0) is 9.53 Å². The number of rotatable bonds is 5. The Morgan fingerprint density at radius 2 is 1.77 bits per heavy atom. The molecule has 5 nitrogen and oxygen atoms in total. The van der Waals surface area contributed by atoms with Crippen molar-refractivity contribution in [1.29, 1.82) is 0 Å². The standard InChI is InChI=1S/C17H33N3O2/c1-17(16(21)22-14-13-18(2)3)7-11-20(12-8-17)15-5-9-19(4)10-6-15/h15H,5-14H2,1-4H3. The monoisotopic (exact) mass is 311 g/mol. The molecular weight excluding hydrogens is 278 g/mol. The summed E-state index contributed by atoms with van der Waals surface area (Å²) in [4.78, 5) is 19.4. The van der Waals surface area contributed by atoms with Gasteiger partial charge in [-0.25, -0.2) is 0 Å². The van der Waals surface area contributed by atoms with E-state index < -0.39 is 0 Å². The second-order valence-electron chi connectivity index (χ2n) is 7.57. The minimum absolute atomic E-state index is 0.00243. The van der Waals surface area contributed by atoms with Gasteiger partial charge in [-0.3, -0.25) is 4.79 Å². The van der Waals surface area contributed by atoms with Gasteiger partial charge in [0.25, 0.3) is 0 Å². The van der Waals surface area contributed by atoms with Crippen LogP contribution < -0.4 is 0 Å². The predicted octanol–water partition coefficient (Wildman–Crippen LogP) is 1.29. The number of hydrogen-bond acceptors (Lipinski definition) is 5. The summed E-state index contributed by atoms with van der Waals surface area (Å²) in [7, 11) is 6.19. The Hall–Kier alpha value is -0.650. The Labute approximate surface area is 135 Å². The first-order chi connectivity index (χ1) is 10.4. The van der Waals surface area contributed by atoms with Crippen LogP contribution in [0, 0.1) is 5.41 Å². The van der Waals surface area contributed by atoms with E-state index in [4.69, 9.17) is 4.74 Å².